The average molecular weight is 504 g/mol. The lowest BCUT2D eigenvalue weighted by atomic mass is 10.0. The number of nitrogens with zero attached hydrogens (tertiary/aromatic N) is 2. The lowest BCUT2D eigenvalue weighted by Crippen LogP contribution is -2.71. The number of nitrogens with one attached hydrogen (secondary N) is 2. The number of alkyl halides is 4. The molecule has 7 nitrogen and oxygen atoms in total. The van der Waals surface area contributed by atoms with E-state index in [1.54, 1.807) is 14.0 Å². The number of benzene rings is 1. The number of hydrogen-bond acceptors (Lipinski definition) is 6. The molecular formula is C24H37F4N5O2. The topological polar surface area (TPSA) is 82.9 Å². The quantitative estimate of drug-likeness (QED) is 0.497. The summed E-state index contributed by atoms with van der Waals surface area (Å²) in [5.74, 6) is -0.643. The van der Waals surface area contributed by atoms with Crippen LogP contribution in [0.3, 0.4) is 0 Å². The molecular weight excluding hydrogens is 466 g/mol. The van der Waals surface area contributed by atoms with Crippen LogP contribution < -0.4 is 16.4 Å². The Labute approximate surface area is 204 Å². The SMILES string of the molecule is CC(OC(C)(C)C)[C@@H](NC1NCN(C)C(N2CCCC2c2ccc(C(F)(F)F)cc2)C1F)C(N)=O. The summed E-state index contributed by atoms with van der Waals surface area (Å²) in [6, 6.07) is 3.97. The van der Waals surface area contributed by atoms with Gasteiger partial charge in [-0.15, -0.1) is 0 Å². The molecule has 0 aromatic heterocycles. The highest BCUT2D eigenvalue weighted by Crippen LogP contribution is 2.38. The Hall–Kier alpha value is -1.79. The highest BCUT2D eigenvalue weighted by Gasteiger charge is 2.45. The smallest absolute Gasteiger partial charge is 0.371 e. The third-order valence-electron chi connectivity index (χ3n) is 6.55. The zero-order valence-electron chi connectivity index (χ0n) is 20.9. The first-order valence-corrected chi connectivity index (χ1v) is 11.9. The van der Waals surface area contributed by atoms with Gasteiger partial charge in [0.05, 0.1) is 36.3 Å². The number of primary amides is 1. The number of rotatable bonds is 7. The van der Waals surface area contributed by atoms with Gasteiger partial charge < -0.3 is 10.5 Å². The molecule has 2 aliphatic rings. The summed E-state index contributed by atoms with van der Waals surface area (Å²) in [5, 5.41) is 6.09. The Balaban J connectivity index is 1.78. The van der Waals surface area contributed by atoms with Gasteiger partial charge in [-0.3, -0.25) is 25.2 Å². The van der Waals surface area contributed by atoms with Gasteiger partial charge in [0.25, 0.3) is 0 Å². The third kappa shape index (κ3) is 6.71. The van der Waals surface area contributed by atoms with Crippen LogP contribution in [0.25, 0.3) is 0 Å². The van der Waals surface area contributed by atoms with Crippen LogP contribution in [0.2, 0.25) is 0 Å². The van der Waals surface area contributed by atoms with Crippen LogP contribution in [0.1, 0.15) is 57.7 Å². The first kappa shape index (κ1) is 27.8. The van der Waals surface area contributed by atoms with Crippen molar-refractivity contribution < 1.29 is 27.1 Å². The number of ether oxygens (including phenoxy) is 1. The van der Waals surface area contributed by atoms with Gasteiger partial charge in [-0.2, -0.15) is 13.2 Å². The molecule has 2 aliphatic heterocycles. The minimum atomic E-state index is -4.41. The molecule has 4 N–H and O–H groups in total. The third-order valence-corrected chi connectivity index (χ3v) is 6.55. The molecule has 35 heavy (non-hydrogen) atoms. The zero-order valence-corrected chi connectivity index (χ0v) is 20.9. The van der Waals surface area contributed by atoms with E-state index in [0.29, 0.717) is 19.6 Å². The molecule has 0 bridgehead atoms. The molecule has 2 saturated heterocycles. The molecule has 1 aromatic carbocycles. The number of hydrogen-bond donors (Lipinski definition) is 3. The Bertz CT molecular complexity index is 861. The summed E-state index contributed by atoms with van der Waals surface area (Å²) in [6.07, 6.45) is -6.44. The van der Waals surface area contributed by atoms with Gasteiger partial charge in [0.15, 0.2) is 6.17 Å². The standard InChI is InChI=1S/C24H37F4N5O2/c1-14(35-23(2,3)4)19(20(29)34)31-21-18(25)22(32(5)13-30-21)33-12-6-7-17(33)15-8-10-16(11-9-15)24(26,27)28/h8-11,14,17-19,21-22,30-31H,6-7,12-13H2,1-5H3,(H2,29,34)/t14?,17?,18?,19-,21?,22?/m1/s1. The summed E-state index contributed by atoms with van der Waals surface area (Å²) >= 11 is 0. The maximum atomic E-state index is 16.0. The fraction of sp³-hybridized carbons (Fsp3) is 0.708. The number of carbonyl (C=O) groups is 1. The van der Waals surface area contributed by atoms with Gasteiger partial charge in [0, 0.05) is 12.6 Å². The number of nitrogens with two attached hydrogens (primary N) is 1. The first-order chi connectivity index (χ1) is 16.2. The Kier molecular flexibility index (Phi) is 8.48. The summed E-state index contributed by atoms with van der Waals surface area (Å²) in [7, 11) is 1.79. The Morgan fingerprint density at radius 2 is 1.86 bits per heavy atom. The maximum absolute atomic E-state index is 16.0. The molecule has 0 spiro atoms. The van der Waals surface area contributed by atoms with Crippen molar-refractivity contribution in [3.63, 3.8) is 0 Å². The van der Waals surface area contributed by atoms with Crippen LogP contribution in [0.5, 0.6) is 0 Å². The van der Waals surface area contributed by atoms with Gasteiger partial charge >= 0.3 is 6.18 Å². The molecule has 0 aliphatic carbocycles. The fourth-order valence-corrected chi connectivity index (χ4v) is 5.08. The lowest BCUT2D eigenvalue weighted by Gasteiger charge is -2.47. The van der Waals surface area contributed by atoms with E-state index in [-0.39, 0.29) is 6.04 Å². The van der Waals surface area contributed by atoms with E-state index in [4.69, 9.17) is 10.5 Å². The monoisotopic (exact) mass is 503 g/mol. The second kappa shape index (κ2) is 10.7. The van der Waals surface area contributed by atoms with Crippen molar-refractivity contribution in [2.45, 2.75) is 89.0 Å². The highest BCUT2D eigenvalue weighted by molar-refractivity contribution is 5.80. The predicted molar refractivity (Wildman–Crippen MR) is 125 cm³/mol. The molecule has 3 rings (SSSR count). The van der Waals surface area contributed by atoms with E-state index in [0.717, 1.165) is 24.1 Å². The Morgan fingerprint density at radius 3 is 2.40 bits per heavy atom. The van der Waals surface area contributed by atoms with E-state index >= 15 is 4.39 Å². The first-order valence-electron chi connectivity index (χ1n) is 11.9. The van der Waals surface area contributed by atoms with E-state index in [1.807, 2.05) is 30.6 Å². The van der Waals surface area contributed by atoms with Crippen LogP contribution in [-0.4, -0.2) is 72.2 Å². The van der Waals surface area contributed by atoms with Gasteiger partial charge in [-0.1, -0.05) is 12.1 Å². The summed E-state index contributed by atoms with van der Waals surface area (Å²) in [4.78, 5) is 16.0. The minimum absolute atomic E-state index is 0.211. The van der Waals surface area contributed by atoms with E-state index in [1.165, 1.54) is 12.1 Å². The van der Waals surface area contributed by atoms with Gasteiger partial charge in [-0.25, -0.2) is 4.39 Å². The molecule has 0 saturated carbocycles. The molecule has 5 unspecified atom stereocenters. The van der Waals surface area contributed by atoms with E-state index in [9.17, 15) is 18.0 Å². The van der Waals surface area contributed by atoms with Crippen molar-refractivity contribution in [2.24, 2.45) is 5.73 Å². The van der Waals surface area contributed by atoms with Crippen molar-refractivity contribution >= 4 is 5.91 Å². The van der Waals surface area contributed by atoms with Crippen LogP contribution in [0.4, 0.5) is 17.6 Å². The lowest BCUT2D eigenvalue weighted by molar-refractivity contribution is -0.137. The largest absolute Gasteiger partial charge is 0.416 e. The van der Waals surface area contributed by atoms with Crippen molar-refractivity contribution in [2.75, 3.05) is 20.3 Å². The average Bonchev–Trinajstić information content (AvgIpc) is 3.20. The minimum Gasteiger partial charge on any atom is -0.371 e. The van der Waals surface area contributed by atoms with Crippen LogP contribution in [0.15, 0.2) is 24.3 Å². The van der Waals surface area contributed by atoms with Crippen molar-refractivity contribution in [1.82, 2.24) is 20.4 Å². The molecule has 2 heterocycles. The molecule has 11 heteroatoms. The van der Waals surface area contributed by atoms with E-state index in [2.05, 4.69) is 10.6 Å². The zero-order chi connectivity index (χ0) is 26.1. The fourth-order valence-electron chi connectivity index (χ4n) is 5.08. The van der Waals surface area contributed by atoms with Crippen molar-refractivity contribution in [3.05, 3.63) is 35.4 Å². The predicted octanol–water partition coefficient (Wildman–Crippen LogP) is 2.97. The molecule has 6 atom stereocenters. The second-order valence-electron chi connectivity index (χ2n) is 10.5. The molecule has 2 fully saturated rings. The number of likely N-dealkylation sites (tertiary alicyclic amines) is 1. The second-order valence-corrected chi connectivity index (χ2v) is 10.5. The summed E-state index contributed by atoms with van der Waals surface area (Å²) in [5.41, 5.74) is 5.11. The Morgan fingerprint density at radius 1 is 1.23 bits per heavy atom. The maximum Gasteiger partial charge on any atom is 0.416 e. The van der Waals surface area contributed by atoms with Crippen LogP contribution >= 0.6 is 0 Å². The van der Waals surface area contributed by atoms with Crippen molar-refractivity contribution in [3.8, 4) is 0 Å². The number of halogens is 4. The summed E-state index contributed by atoms with van der Waals surface area (Å²) < 4.78 is 60.9. The molecule has 198 valence electrons. The number of amides is 1. The van der Waals surface area contributed by atoms with Crippen LogP contribution in [-0.2, 0) is 15.7 Å². The van der Waals surface area contributed by atoms with Crippen LogP contribution in [0, 0.1) is 0 Å². The molecule has 0 radical (unpaired) electrons. The van der Waals surface area contributed by atoms with E-state index < -0.39 is 53.9 Å². The van der Waals surface area contributed by atoms with Crippen molar-refractivity contribution in [1.29, 1.82) is 0 Å². The summed E-state index contributed by atoms with van der Waals surface area (Å²) in [6.45, 7) is 8.25. The van der Waals surface area contributed by atoms with Gasteiger partial charge in [-0.05, 0) is 65.3 Å². The van der Waals surface area contributed by atoms with Gasteiger partial charge in [0.1, 0.15) is 6.04 Å². The molecule has 1 aromatic rings. The number of carbonyl (C=O) groups excluding carboxylic acids is 1. The normalized spacial score (nSPS) is 28.7. The van der Waals surface area contributed by atoms with Gasteiger partial charge in [0.2, 0.25) is 5.91 Å². The molecule has 1 amide bonds. The highest BCUT2D eigenvalue weighted by atomic mass is 19.4.